The van der Waals surface area contributed by atoms with Gasteiger partial charge < -0.3 is 10.4 Å². The van der Waals surface area contributed by atoms with Crippen LogP contribution in [0.2, 0.25) is 0 Å². The number of hydrogen-bond donors (Lipinski definition) is 2. The maximum Gasteiger partial charge on any atom is 0.0499 e. The minimum absolute atomic E-state index is 0.166. The van der Waals surface area contributed by atoms with Crippen LogP contribution < -0.4 is 5.32 Å². The van der Waals surface area contributed by atoms with Gasteiger partial charge in [-0.05, 0) is 33.6 Å². The van der Waals surface area contributed by atoms with Crippen LogP contribution in [0, 0.1) is 5.41 Å². The van der Waals surface area contributed by atoms with Crippen LogP contribution in [0.25, 0.3) is 0 Å². The van der Waals surface area contributed by atoms with Crippen molar-refractivity contribution in [2.75, 3.05) is 13.2 Å². The number of nitrogens with one attached hydrogen (secondary N) is 1. The smallest absolute Gasteiger partial charge is 0.0499 e. The topological polar surface area (TPSA) is 32.3 Å². The Morgan fingerprint density at radius 2 is 1.71 bits per heavy atom. The van der Waals surface area contributed by atoms with Gasteiger partial charge in [0.15, 0.2) is 0 Å². The summed E-state index contributed by atoms with van der Waals surface area (Å²) in [5.74, 6) is 0. The number of hydrogen-bond acceptors (Lipinski definition) is 2. The second kappa shape index (κ2) is 4.63. The average Bonchev–Trinajstić information content (AvgIpc) is 2.15. The summed E-state index contributed by atoms with van der Waals surface area (Å²) in [4.78, 5) is 0. The summed E-state index contributed by atoms with van der Waals surface area (Å²) in [6.07, 6.45) is 6.29. The molecule has 14 heavy (non-hydrogen) atoms. The summed E-state index contributed by atoms with van der Waals surface area (Å²) >= 11 is 0. The largest absolute Gasteiger partial charge is 0.396 e. The highest BCUT2D eigenvalue weighted by atomic mass is 16.3. The first kappa shape index (κ1) is 12.0. The van der Waals surface area contributed by atoms with Crippen molar-refractivity contribution in [3.05, 3.63) is 0 Å². The van der Waals surface area contributed by atoms with Crippen LogP contribution in [0.3, 0.4) is 0 Å². The highest BCUT2D eigenvalue weighted by molar-refractivity contribution is 4.86. The summed E-state index contributed by atoms with van der Waals surface area (Å²) in [7, 11) is 0. The minimum Gasteiger partial charge on any atom is -0.396 e. The molecular formula is C12H25NO. The molecule has 1 rings (SSSR count). The maximum atomic E-state index is 9.50. The third-order valence-corrected chi connectivity index (χ3v) is 3.24. The second-order valence-corrected chi connectivity index (χ2v) is 5.82. The zero-order valence-electron chi connectivity index (χ0n) is 9.90. The minimum atomic E-state index is 0.166. The van der Waals surface area contributed by atoms with Crippen molar-refractivity contribution in [3.8, 4) is 0 Å². The molecule has 0 bridgehead atoms. The Labute approximate surface area is 88.1 Å². The summed E-state index contributed by atoms with van der Waals surface area (Å²) < 4.78 is 0. The summed E-state index contributed by atoms with van der Waals surface area (Å²) in [5.41, 5.74) is 0.338. The van der Waals surface area contributed by atoms with E-state index in [-0.39, 0.29) is 11.0 Å². The Balaban J connectivity index is 2.44. The lowest BCUT2D eigenvalue weighted by atomic mass is 9.74. The molecule has 0 aliphatic heterocycles. The van der Waals surface area contributed by atoms with Crippen molar-refractivity contribution in [3.63, 3.8) is 0 Å². The molecule has 0 saturated heterocycles. The number of aliphatic hydroxyl groups excluding tert-OH is 1. The van der Waals surface area contributed by atoms with E-state index in [9.17, 15) is 5.11 Å². The standard InChI is InChI=1S/C12H25NO/c1-11(2,3)13-9-12(10-14)7-5-4-6-8-12/h13-14H,4-10H2,1-3H3. The van der Waals surface area contributed by atoms with E-state index in [1.165, 1.54) is 32.1 Å². The lowest BCUT2D eigenvalue weighted by molar-refractivity contribution is 0.0748. The SMILES string of the molecule is CC(C)(C)NCC1(CO)CCCCC1. The summed E-state index contributed by atoms with van der Waals surface area (Å²) in [6.45, 7) is 7.85. The van der Waals surface area contributed by atoms with E-state index in [0.29, 0.717) is 6.61 Å². The first-order valence-electron chi connectivity index (χ1n) is 5.83. The van der Waals surface area contributed by atoms with Gasteiger partial charge in [0.2, 0.25) is 0 Å². The molecule has 0 aromatic carbocycles. The molecule has 2 nitrogen and oxygen atoms in total. The molecule has 0 unspecified atom stereocenters. The fourth-order valence-electron chi connectivity index (χ4n) is 2.15. The highest BCUT2D eigenvalue weighted by Crippen LogP contribution is 2.35. The van der Waals surface area contributed by atoms with Gasteiger partial charge in [-0.1, -0.05) is 19.3 Å². The third-order valence-electron chi connectivity index (χ3n) is 3.24. The van der Waals surface area contributed by atoms with Crippen LogP contribution in [-0.4, -0.2) is 23.8 Å². The van der Waals surface area contributed by atoms with Crippen LogP contribution in [0.15, 0.2) is 0 Å². The van der Waals surface area contributed by atoms with E-state index in [0.717, 1.165) is 6.54 Å². The molecule has 0 amide bonds. The van der Waals surface area contributed by atoms with Crippen molar-refractivity contribution in [1.82, 2.24) is 5.32 Å². The molecular weight excluding hydrogens is 174 g/mol. The van der Waals surface area contributed by atoms with Crippen molar-refractivity contribution in [2.24, 2.45) is 5.41 Å². The molecule has 1 saturated carbocycles. The van der Waals surface area contributed by atoms with Crippen LogP contribution in [0.4, 0.5) is 0 Å². The van der Waals surface area contributed by atoms with Crippen LogP contribution >= 0.6 is 0 Å². The van der Waals surface area contributed by atoms with Gasteiger partial charge in [0.05, 0.1) is 0 Å². The van der Waals surface area contributed by atoms with Crippen molar-refractivity contribution < 1.29 is 5.11 Å². The van der Waals surface area contributed by atoms with Gasteiger partial charge in [0, 0.05) is 24.1 Å². The normalized spacial score (nSPS) is 22.3. The Morgan fingerprint density at radius 1 is 1.14 bits per heavy atom. The van der Waals surface area contributed by atoms with E-state index in [4.69, 9.17) is 0 Å². The molecule has 0 heterocycles. The molecule has 0 atom stereocenters. The van der Waals surface area contributed by atoms with Crippen LogP contribution in [0.1, 0.15) is 52.9 Å². The zero-order chi connectivity index (χ0) is 10.7. The molecule has 84 valence electrons. The first-order valence-corrected chi connectivity index (χ1v) is 5.83. The Kier molecular flexibility index (Phi) is 3.96. The van der Waals surface area contributed by atoms with Gasteiger partial charge in [-0.2, -0.15) is 0 Å². The molecule has 0 spiro atoms. The van der Waals surface area contributed by atoms with Gasteiger partial charge in [0.25, 0.3) is 0 Å². The molecule has 0 aromatic heterocycles. The van der Waals surface area contributed by atoms with Crippen LogP contribution in [0.5, 0.6) is 0 Å². The highest BCUT2D eigenvalue weighted by Gasteiger charge is 2.32. The van der Waals surface area contributed by atoms with E-state index in [1.807, 2.05) is 0 Å². The number of rotatable bonds is 3. The van der Waals surface area contributed by atoms with Gasteiger partial charge in [-0.25, -0.2) is 0 Å². The van der Waals surface area contributed by atoms with E-state index >= 15 is 0 Å². The van der Waals surface area contributed by atoms with Crippen molar-refractivity contribution in [2.45, 2.75) is 58.4 Å². The van der Waals surface area contributed by atoms with Crippen molar-refractivity contribution >= 4 is 0 Å². The van der Waals surface area contributed by atoms with Gasteiger partial charge >= 0.3 is 0 Å². The monoisotopic (exact) mass is 199 g/mol. The molecule has 1 fully saturated rings. The Bertz CT molecular complexity index is 166. The number of aliphatic hydroxyl groups is 1. The van der Waals surface area contributed by atoms with Gasteiger partial charge in [0.1, 0.15) is 0 Å². The summed E-state index contributed by atoms with van der Waals surface area (Å²) in [6, 6.07) is 0. The van der Waals surface area contributed by atoms with Gasteiger partial charge in [-0.15, -0.1) is 0 Å². The van der Waals surface area contributed by atoms with Crippen molar-refractivity contribution in [1.29, 1.82) is 0 Å². The van der Waals surface area contributed by atoms with E-state index < -0.39 is 0 Å². The Morgan fingerprint density at radius 3 is 2.14 bits per heavy atom. The molecule has 1 aliphatic carbocycles. The average molecular weight is 199 g/mol. The third kappa shape index (κ3) is 3.58. The van der Waals surface area contributed by atoms with Gasteiger partial charge in [-0.3, -0.25) is 0 Å². The quantitative estimate of drug-likeness (QED) is 0.731. The molecule has 0 radical (unpaired) electrons. The van der Waals surface area contributed by atoms with Crippen LogP contribution in [-0.2, 0) is 0 Å². The molecule has 2 heteroatoms. The van der Waals surface area contributed by atoms with E-state index in [2.05, 4.69) is 26.1 Å². The fourth-order valence-corrected chi connectivity index (χ4v) is 2.15. The second-order valence-electron chi connectivity index (χ2n) is 5.82. The molecule has 2 N–H and O–H groups in total. The van der Waals surface area contributed by atoms with E-state index in [1.54, 1.807) is 0 Å². The summed E-state index contributed by atoms with van der Waals surface area (Å²) in [5, 5.41) is 13.0. The first-order chi connectivity index (χ1) is 6.47. The molecule has 0 aromatic rings. The lowest BCUT2D eigenvalue weighted by Crippen LogP contribution is -2.46. The maximum absolute atomic E-state index is 9.50. The Hall–Kier alpha value is -0.0800. The lowest BCUT2D eigenvalue weighted by Gasteiger charge is -2.38. The predicted octanol–water partition coefficient (Wildman–Crippen LogP) is 2.32. The predicted molar refractivity (Wildman–Crippen MR) is 60.4 cm³/mol. The molecule has 1 aliphatic rings. The fraction of sp³-hybridized carbons (Fsp3) is 1.00. The zero-order valence-corrected chi connectivity index (χ0v) is 9.90.